The molecule has 8 nitrogen and oxygen atoms in total. The molecule has 11 heteroatoms. The van der Waals surface area contributed by atoms with E-state index in [1.807, 2.05) is 43.3 Å². The summed E-state index contributed by atoms with van der Waals surface area (Å²) in [6, 6.07) is 23.5. The first-order valence-corrected chi connectivity index (χ1v) is 12.1. The standard InChI is InChI=1S/C28H26F3N5O3/c1-2-14-35(21-10-4-3-5-11-21)22-12-7-9-20(16-22)33-26(37)24-17-25(28(29,30)31)34-36(24)23-13-6-8-19(15-23)18-32-27(38)39/h3-13,15-17,32H,2,14,18H2,1H3,(H,33,37)(H,38,39). The van der Waals surface area contributed by atoms with Crippen LogP contribution in [0.2, 0.25) is 0 Å². The lowest BCUT2D eigenvalue weighted by atomic mass is 10.2. The second kappa shape index (κ2) is 11.7. The number of amides is 2. The molecule has 3 aromatic carbocycles. The summed E-state index contributed by atoms with van der Waals surface area (Å²) in [5.41, 5.74) is 1.27. The Balaban J connectivity index is 1.66. The second-order valence-electron chi connectivity index (χ2n) is 8.64. The van der Waals surface area contributed by atoms with E-state index in [1.165, 1.54) is 12.1 Å². The molecular weight excluding hydrogens is 511 g/mol. The van der Waals surface area contributed by atoms with Crippen molar-refractivity contribution < 1.29 is 27.9 Å². The summed E-state index contributed by atoms with van der Waals surface area (Å²) in [4.78, 5) is 26.2. The van der Waals surface area contributed by atoms with Gasteiger partial charge in [-0.2, -0.15) is 18.3 Å². The van der Waals surface area contributed by atoms with Crippen LogP contribution in [0.25, 0.3) is 5.69 Å². The number of aromatic nitrogens is 2. The SMILES string of the molecule is CCCN(c1ccccc1)c1cccc(NC(=O)c2cc(C(F)(F)F)nn2-c2cccc(CNC(=O)O)c2)c1. The summed E-state index contributed by atoms with van der Waals surface area (Å²) in [6.07, 6.45) is -5.16. The molecule has 0 fully saturated rings. The average molecular weight is 538 g/mol. The minimum atomic E-state index is -4.78. The van der Waals surface area contributed by atoms with E-state index in [4.69, 9.17) is 5.11 Å². The summed E-state index contributed by atoms with van der Waals surface area (Å²) < 4.78 is 41.6. The Labute approximate surface area is 222 Å². The lowest BCUT2D eigenvalue weighted by molar-refractivity contribution is -0.141. The van der Waals surface area contributed by atoms with Crippen LogP contribution in [-0.4, -0.2) is 33.4 Å². The molecular formula is C28H26F3N5O3. The average Bonchev–Trinajstić information content (AvgIpc) is 3.38. The van der Waals surface area contributed by atoms with Gasteiger partial charge in [0.25, 0.3) is 5.91 Å². The third kappa shape index (κ3) is 6.75. The van der Waals surface area contributed by atoms with E-state index in [2.05, 4.69) is 20.6 Å². The predicted molar refractivity (Wildman–Crippen MR) is 142 cm³/mol. The zero-order chi connectivity index (χ0) is 28.0. The van der Waals surface area contributed by atoms with E-state index >= 15 is 0 Å². The highest BCUT2D eigenvalue weighted by Gasteiger charge is 2.36. The van der Waals surface area contributed by atoms with Crippen molar-refractivity contribution in [2.75, 3.05) is 16.8 Å². The molecule has 0 radical (unpaired) electrons. The van der Waals surface area contributed by atoms with Gasteiger partial charge in [0.15, 0.2) is 5.69 Å². The molecule has 3 N–H and O–H groups in total. The highest BCUT2D eigenvalue weighted by atomic mass is 19.4. The number of hydrogen-bond donors (Lipinski definition) is 3. The minimum absolute atomic E-state index is 0.0689. The zero-order valence-corrected chi connectivity index (χ0v) is 20.9. The second-order valence-corrected chi connectivity index (χ2v) is 8.64. The molecule has 0 aliphatic carbocycles. The molecule has 4 rings (SSSR count). The Bertz CT molecular complexity index is 1450. The van der Waals surface area contributed by atoms with Crippen LogP contribution < -0.4 is 15.5 Å². The first kappa shape index (κ1) is 27.2. The number of nitrogens with one attached hydrogen (secondary N) is 2. The first-order chi connectivity index (χ1) is 18.7. The fourth-order valence-electron chi connectivity index (χ4n) is 4.04. The highest BCUT2D eigenvalue weighted by molar-refractivity contribution is 6.03. The Hall–Kier alpha value is -4.80. The van der Waals surface area contributed by atoms with Gasteiger partial charge < -0.3 is 20.6 Å². The molecule has 1 heterocycles. The molecule has 1 aromatic heterocycles. The number of rotatable bonds is 9. The van der Waals surface area contributed by atoms with Crippen LogP contribution >= 0.6 is 0 Å². The molecule has 0 unspecified atom stereocenters. The summed E-state index contributed by atoms with van der Waals surface area (Å²) in [6.45, 7) is 2.70. The van der Waals surface area contributed by atoms with E-state index in [1.54, 1.807) is 30.3 Å². The van der Waals surface area contributed by atoms with Crippen molar-refractivity contribution in [3.8, 4) is 5.69 Å². The molecule has 4 aromatic rings. The Morgan fingerprint density at radius 1 is 0.949 bits per heavy atom. The van der Waals surface area contributed by atoms with Crippen molar-refractivity contribution in [2.24, 2.45) is 0 Å². The largest absolute Gasteiger partial charge is 0.465 e. The fraction of sp³-hybridized carbons (Fsp3) is 0.179. The molecule has 0 spiro atoms. The highest BCUT2D eigenvalue weighted by Crippen LogP contribution is 2.31. The monoisotopic (exact) mass is 537 g/mol. The van der Waals surface area contributed by atoms with E-state index in [0.29, 0.717) is 17.3 Å². The van der Waals surface area contributed by atoms with Crippen molar-refractivity contribution in [1.82, 2.24) is 15.1 Å². The molecule has 202 valence electrons. The molecule has 39 heavy (non-hydrogen) atoms. The van der Waals surface area contributed by atoms with Gasteiger partial charge in [-0.05, 0) is 54.4 Å². The van der Waals surface area contributed by atoms with Crippen molar-refractivity contribution >= 4 is 29.1 Å². The molecule has 0 saturated heterocycles. The van der Waals surface area contributed by atoms with Gasteiger partial charge in [-0.3, -0.25) is 4.79 Å². The maximum Gasteiger partial charge on any atom is 0.435 e. The van der Waals surface area contributed by atoms with Crippen LogP contribution in [0.15, 0.2) is 84.9 Å². The van der Waals surface area contributed by atoms with Gasteiger partial charge in [0.2, 0.25) is 0 Å². The van der Waals surface area contributed by atoms with Gasteiger partial charge in [0.1, 0.15) is 5.69 Å². The van der Waals surface area contributed by atoms with Gasteiger partial charge in [0.05, 0.1) is 5.69 Å². The maximum atomic E-state index is 13.6. The Morgan fingerprint density at radius 2 is 1.67 bits per heavy atom. The summed E-state index contributed by atoms with van der Waals surface area (Å²) >= 11 is 0. The number of nitrogens with zero attached hydrogens (tertiary/aromatic N) is 3. The van der Waals surface area contributed by atoms with E-state index in [-0.39, 0.29) is 17.9 Å². The molecule has 2 amide bonds. The number of benzene rings is 3. The topological polar surface area (TPSA) is 99.5 Å². The zero-order valence-electron chi connectivity index (χ0n) is 20.9. The number of carboxylic acid groups (broad SMARTS) is 1. The van der Waals surface area contributed by atoms with Crippen LogP contribution in [-0.2, 0) is 12.7 Å². The Morgan fingerprint density at radius 3 is 2.36 bits per heavy atom. The predicted octanol–water partition coefficient (Wildman–Crippen LogP) is 6.46. The van der Waals surface area contributed by atoms with E-state index in [9.17, 15) is 22.8 Å². The molecule has 0 aliphatic rings. The van der Waals surface area contributed by atoms with Crippen LogP contribution in [0.3, 0.4) is 0 Å². The minimum Gasteiger partial charge on any atom is -0.465 e. The third-order valence-electron chi connectivity index (χ3n) is 5.76. The number of halogens is 3. The van der Waals surface area contributed by atoms with Crippen molar-refractivity contribution in [1.29, 1.82) is 0 Å². The number of anilines is 3. The van der Waals surface area contributed by atoms with Crippen LogP contribution in [0.1, 0.15) is 35.1 Å². The van der Waals surface area contributed by atoms with Gasteiger partial charge in [-0.25, -0.2) is 9.48 Å². The summed E-state index contributed by atoms with van der Waals surface area (Å²) in [5.74, 6) is -0.786. The van der Waals surface area contributed by atoms with Crippen LogP contribution in [0.4, 0.5) is 35.0 Å². The van der Waals surface area contributed by atoms with Crippen molar-refractivity contribution in [3.63, 3.8) is 0 Å². The smallest absolute Gasteiger partial charge is 0.435 e. The molecule has 0 bridgehead atoms. The van der Waals surface area contributed by atoms with Crippen LogP contribution in [0.5, 0.6) is 0 Å². The molecule has 0 atom stereocenters. The normalized spacial score (nSPS) is 11.2. The van der Waals surface area contributed by atoms with Gasteiger partial charge >= 0.3 is 12.3 Å². The number of carbonyl (C=O) groups is 2. The van der Waals surface area contributed by atoms with Crippen molar-refractivity contribution in [3.05, 3.63) is 102 Å². The molecule has 0 aliphatic heterocycles. The third-order valence-corrected chi connectivity index (χ3v) is 5.76. The van der Waals surface area contributed by atoms with E-state index in [0.717, 1.165) is 29.0 Å². The van der Waals surface area contributed by atoms with Gasteiger partial charge in [-0.1, -0.05) is 43.3 Å². The fourth-order valence-corrected chi connectivity index (χ4v) is 4.04. The summed E-state index contributed by atoms with van der Waals surface area (Å²) in [7, 11) is 0. The number of hydrogen-bond acceptors (Lipinski definition) is 4. The Kier molecular flexibility index (Phi) is 8.18. The van der Waals surface area contributed by atoms with Gasteiger partial charge in [-0.15, -0.1) is 0 Å². The first-order valence-electron chi connectivity index (χ1n) is 12.1. The lowest BCUT2D eigenvalue weighted by Gasteiger charge is -2.25. The van der Waals surface area contributed by atoms with E-state index < -0.39 is 23.9 Å². The quantitative estimate of drug-likeness (QED) is 0.228. The number of alkyl halides is 3. The van der Waals surface area contributed by atoms with Crippen LogP contribution in [0, 0.1) is 0 Å². The van der Waals surface area contributed by atoms with Gasteiger partial charge in [0, 0.05) is 36.2 Å². The molecule has 0 saturated carbocycles. The number of carbonyl (C=O) groups excluding carboxylic acids is 1. The number of para-hydroxylation sites is 1. The maximum absolute atomic E-state index is 13.6. The summed E-state index contributed by atoms with van der Waals surface area (Å²) in [5, 5.41) is 17.4. The lowest BCUT2D eigenvalue weighted by Crippen LogP contribution is -2.20. The van der Waals surface area contributed by atoms with Crippen molar-refractivity contribution in [2.45, 2.75) is 26.1 Å².